The number of amides is 2. The van der Waals surface area contributed by atoms with Crippen molar-refractivity contribution in [3.8, 4) is 11.5 Å². The molecule has 2 aromatic rings. The van der Waals surface area contributed by atoms with Crippen LogP contribution in [0.5, 0.6) is 11.5 Å². The summed E-state index contributed by atoms with van der Waals surface area (Å²) in [7, 11) is 1.54. The lowest BCUT2D eigenvalue weighted by atomic mass is 9.95. The molecule has 2 amide bonds. The highest BCUT2D eigenvalue weighted by molar-refractivity contribution is 6.30. The molecule has 0 aliphatic carbocycles. The summed E-state index contributed by atoms with van der Waals surface area (Å²) in [5.74, 6) is -0.267. The Hall–Kier alpha value is -3.72. The van der Waals surface area contributed by atoms with Crippen molar-refractivity contribution < 1.29 is 33.3 Å². The zero-order chi connectivity index (χ0) is 23.8. The van der Waals surface area contributed by atoms with Gasteiger partial charge in [-0.05, 0) is 48.9 Å². The predicted octanol–water partition coefficient (Wildman–Crippen LogP) is 3.14. The first-order valence-electron chi connectivity index (χ1n) is 10.1. The molecule has 0 spiro atoms. The Balaban J connectivity index is 1.76. The van der Waals surface area contributed by atoms with Crippen LogP contribution in [0.25, 0.3) is 0 Å². The lowest BCUT2D eigenvalue weighted by molar-refractivity contribution is -0.145. The Labute approximate surface area is 195 Å². The molecule has 1 unspecified atom stereocenters. The number of methoxy groups -OCH3 is 1. The fraction of sp³-hybridized carbons (Fsp3) is 0.261. The minimum atomic E-state index is -0.803. The van der Waals surface area contributed by atoms with Crippen molar-refractivity contribution in [1.29, 1.82) is 0 Å². The number of urea groups is 1. The summed E-state index contributed by atoms with van der Waals surface area (Å²) < 4.78 is 20.9. The normalized spacial score (nSPS) is 15.2. The molecule has 2 aromatic carbocycles. The van der Waals surface area contributed by atoms with Gasteiger partial charge in [-0.15, -0.1) is 0 Å². The van der Waals surface area contributed by atoms with E-state index in [1.165, 1.54) is 7.11 Å². The van der Waals surface area contributed by atoms with Crippen LogP contribution in [0.3, 0.4) is 0 Å². The number of carbonyl (C=O) groups is 3. The molecule has 0 fully saturated rings. The van der Waals surface area contributed by atoms with Crippen molar-refractivity contribution in [2.75, 3.05) is 26.9 Å². The molecule has 0 bridgehead atoms. The van der Waals surface area contributed by atoms with Crippen LogP contribution < -0.4 is 20.1 Å². The molecule has 10 heteroatoms. The highest BCUT2D eigenvalue weighted by Gasteiger charge is 2.34. The number of rotatable bonds is 9. The Morgan fingerprint density at radius 3 is 2.30 bits per heavy atom. The third-order valence-corrected chi connectivity index (χ3v) is 4.90. The van der Waals surface area contributed by atoms with Crippen LogP contribution in [-0.2, 0) is 19.1 Å². The van der Waals surface area contributed by atoms with Gasteiger partial charge in [0.05, 0.1) is 31.0 Å². The molecular formula is C23H23ClN2O7. The van der Waals surface area contributed by atoms with Crippen LogP contribution >= 0.6 is 11.6 Å². The van der Waals surface area contributed by atoms with Crippen molar-refractivity contribution in [2.45, 2.75) is 13.0 Å². The van der Waals surface area contributed by atoms with Crippen LogP contribution in [-0.4, -0.2) is 44.9 Å². The summed E-state index contributed by atoms with van der Waals surface area (Å²) in [4.78, 5) is 37.2. The van der Waals surface area contributed by atoms with Gasteiger partial charge in [-0.1, -0.05) is 23.7 Å². The van der Waals surface area contributed by atoms with Crippen LogP contribution in [0.1, 0.15) is 18.5 Å². The van der Waals surface area contributed by atoms with Crippen LogP contribution in [0.2, 0.25) is 5.02 Å². The second-order valence-electron chi connectivity index (χ2n) is 6.82. The summed E-state index contributed by atoms with van der Waals surface area (Å²) in [6, 6.07) is 12.0. The fourth-order valence-electron chi connectivity index (χ4n) is 3.10. The molecule has 0 saturated carbocycles. The van der Waals surface area contributed by atoms with Gasteiger partial charge >= 0.3 is 18.0 Å². The third kappa shape index (κ3) is 6.39. The predicted molar refractivity (Wildman–Crippen MR) is 119 cm³/mol. The third-order valence-electron chi connectivity index (χ3n) is 4.65. The Bertz CT molecular complexity index is 1040. The lowest BCUT2D eigenvalue weighted by Gasteiger charge is -2.29. The molecule has 0 saturated heterocycles. The van der Waals surface area contributed by atoms with Crippen molar-refractivity contribution in [1.82, 2.24) is 10.6 Å². The summed E-state index contributed by atoms with van der Waals surface area (Å²) in [5.41, 5.74) is 0.884. The molecule has 3 rings (SSSR count). The molecular weight excluding hydrogens is 452 g/mol. The zero-order valence-electron chi connectivity index (χ0n) is 18.1. The van der Waals surface area contributed by atoms with Gasteiger partial charge in [-0.2, -0.15) is 0 Å². The quantitative estimate of drug-likeness (QED) is 0.537. The first-order valence-corrected chi connectivity index (χ1v) is 10.4. The van der Waals surface area contributed by atoms with E-state index >= 15 is 0 Å². The van der Waals surface area contributed by atoms with E-state index in [9.17, 15) is 14.4 Å². The number of nitrogens with one attached hydrogen (secondary N) is 2. The smallest absolute Gasteiger partial charge is 0.344 e. The first kappa shape index (κ1) is 23.9. The Kier molecular flexibility index (Phi) is 8.15. The summed E-state index contributed by atoms with van der Waals surface area (Å²) in [5, 5.41) is 5.78. The standard InChI is InChI=1S/C23H23ClN2O7/c1-3-31-22(28)20-18(12-33-19(27)13-32-17-10-6-15(24)7-11-17)25-23(29)26-21(20)14-4-8-16(30-2)9-5-14/h4-11,21H,3,12-13H2,1-2H3,(H2,25,26,29). The number of hydrogen-bond acceptors (Lipinski definition) is 7. The maximum absolute atomic E-state index is 12.7. The maximum Gasteiger partial charge on any atom is 0.344 e. The lowest BCUT2D eigenvalue weighted by Crippen LogP contribution is -2.47. The minimum absolute atomic E-state index is 0.123. The van der Waals surface area contributed by atoms with E-state index in [1.54, 1.807) is 55.5 Å². The number of esters is 2. The van der Waals surface area contributed by atoms with E-state index < -0.39 is 24.0 Å². The molecule has 9 nitrogen and oxygen atoms in total. The van der Waals surface area contributed by atoms with Crippen molar-refractivity contribution >= 4 is 29.6 Å². The van der Waals surface area contributed by atoms with E-state index in [0.717, 1.165) is 0 Å². The van der Waals surface area contributed by atoms with Gasteiger partial charge in [-0.3, -0.25) is 0 Å². The summed E-state index contributed by atoms with van der Waals surface area (Å²) >= 11 is 5.82. The van der Waals surface area contributed by atoms with Gasteiger partial charge in [0.1, 0.15) is 18.1 Å². The zero-order valence-corrected chi connectivity index (χ0v) is 18.8. The molecule has 0 aromatic heterocycles. The second-order valence-corrected chi connectivity index (χ2v) is 7.26. The molecule has 174 valence electrons. The highest BCUT2D eigenvalue weighted by Crippen LogP contribution is 2.29. The maximum atomic E-state index is 12.7. The molecule has 1 aliphatic rings. The van der Waals surface area contributed by atoms with Gasteiger partial charge < -0.3 is 29.6 Å². The average molecular weight is 475 g/mol. The topological polar surface area (TPSA) is 112 Å². The van der Waals surface area contributed by atoms with Crippen molar-refractivity contribution in [3.05, 3.63) is 70.4 Å². The van der Waals surface area contributed by atoms with Gasteiger partial charge in [0.25, 0.3) is 0 Å². The van der Waals surface area contributed by atoms with Gasteiger partial charge in [0.2, 0.25) is 0 Å². The molecule has 2 N–H and O–H groups in total. The number of carbonyl (C=O) groups excluding carboxylic acids is 3. The van der Waals surface area contributed by atoms with Crippen LogP contribution in [0.15, 0.2) is 59.8 Å². The second kappa shape index (κ2) is 11.2. The monoisotopic (exact) mass is 474 g/mol. The molecule has 1 aliphatic heterocycles. The molecule has 1 atom stereocenters. The largest absolute Gasteiger partial charge is 0.497 e. The number of ether oxygens (including phenoxy) is 4. The summed E-state index contributed by atoms with van der Waals surface area (Å²) in [6.07, 6.45) is 0. The van der Waals surface area contributed by atoms with E-state index in [0.29, 0.717) is 22.1 Å². The number of benzene rings is 2. The Morgan fingerprint density at radius 2 is 1.67 bits per heavy atom. The molecule has 1 heterocycles. The van der Waals surface area contributed by atoms with Crippen LogP contribution in [0.4, 0.5) is 4.79 Å². The molecule has 33 heavy (non-hydrogen) atoms. The average Bonchev–Trinajstić information content (AvgIpc) is 2.82. The minimum Gasteiger partial charge on any atom is -0.497 e. The van der Waals surface area contributed by atoms with E-state index in [4.69, 9.17) is 30.5 Å². The van der Waals surface area contributed by atoms with Crippen molar-refractivity contribution in [2.24, 2.45) is 0 Å². The SMILES string of the molecule is CCOC(=O)C1=C(COC(=O)COc2ccc(Cl)cc2)NC(=O)NC1c1ccc(OC)cc1. The molecule has 0 radical (unpaired) electrons. The summed E-state index contributed by atoms with van der Waals surface area (Å²) in [6.45, 7) is 1.09. The first-order chi connectivity index (χ1) is 15.9. The van der Waals surface area contributed by atoms with E-state index in [1.807, 2.05) is 0 Å². The van der Waals surface area contributed by atoms with Gasteiger partial charge in [-0.25, -0.2) is 14.4 Å². The number of hydrogen-bond donors (Lipinski definition) is 2. The Morgan fingerprint density at radius 1 is 1.00 bits per heavy atom. The van der Waals surface area contributed by atoms with E-state index in [2.05, 4.69) is 10.6 Å². The fourth-order valence-corrected chi connectivity index (χ4v) is 3.22. The van der Waals surface area contributed by atoms with Crippen LogP contribution in [0, 0.1) is 0 Å². The van der Waals surface area contributed by atoms with Crippen molar-refractivity contribution in [3.63, 3.8) is 0 Å². The highest BCUT2D eigenvalue weighted by atomic mass is 35.5. The van der Waals surface area contributed by atoms with E-state index in [-0.39, 0.29) is 31.1 Å². The van der Waals surface area contributed by atoms with Gasteiger partial charge in [0.15, 0.2) is 6.61 Å². The van der Waals surface area contributed by atoms with Gasteiger partial charge in [0, 0.05) is 5.02 Å². The number of halogens is 1.